The van der Waals surface area contributed by atoms with E-state index in [9.17, 15) is 0 Å². The second kappa shape index (κ2) is 7.15. The molecule has 0 fully saturated rings. The van der Waals surface area contributed by atoms with Gasteiger partial charge in [-0.1, -0.05) is 72.8 Å². The highest BCUT2D eigenvalue weighted by Gasteiger charge is 2.11. The molecule has 0 heterocycles. The summed E-state index contributed by atoms with van der Waals surface area (Å²) in [7, 11) is 4.24. The lowest BCUT2D eigenvalue weighted by atomic mass is 9.93. The van der Waals surface area contributed by atoms with E-state index in [1.165, 1.54) is 27.9 Å². The molecule has 0 atom stereocenters. The van der Waals surface area contributed by atoms with Crippen LogP contribution in [-0.2, 0) is 12.8 Å². The molecule has 3 aromatic carbocycles. The summed E-state index contributed by atoms with van der Waals surface area (Å²) in [5.74, 6) is 0. The zero-order valence-corrected chi connectivity index (χ0v) is 13.9. The second-order valence-corrected chi connectivity index (χ2v) is 6.13. The molecule has 3 rings (SSSR count). The highest BCUT2D eigenvalue weighted by atomic mass is 15.1. The molecule has 0 amide bonds. The fourth-order valence-corrected chi connectivity index (χ4v) is 3.03. The molecule has 1 nitrogen and oxygen atoms in total. The minimum atomic E-state index is 0.970. The van der Waals surface area contributed by atoms with Crippen LogP contribution in [0.4, 0.5) is 5.69 Å². The van der Waals surface area contributed by atoms with Crippen LogP contribution >= 0.6 is 0 Å². The van der Waals surface area contributed by atoms with Crippen LogP contribution in [0, 0.1) is 0 Å². The van der Waals surface area contributed by atoms with Crippen molar-refractivity contribution in [2.75, 3.05) is 19.0 Å². The molecule has 0 bridgehead atoms. The maximum absolute atomic E-state index is 2.26. The van der Waals surface area contributed by atoms with Crippen molar-refractivity contribution in [3.05, 3.63) is 101 Å². The second-order valence-electron chi connectivity index (χ2n) is 6.13. The van der Waals surface area contributed by atoms with Crippen molar-refractivity contribution in [2.45, 2.75) is 12.8 Å². The number of hydrogen-bond donors (Lipinski definition) is 0. The summed E-state index contributed by atoms with van der Waals surface area (Å²) < 4.78 is 0. The Morgan fingerprint density at radius 1 is 0.609 bits per heavy atom. The van der Waals surface area contributed by atoms with Gasteiger partial charge in [0.2, 0.25) is 0 Å². The number of benzene rings is 3. The van der Waals surface area contributed by atoms with E-state index in [0.717, 1.165) is 12.8 Å². The van der Waals surface area contributed by atoms with E-state index in [-0.39, 0.29) is 0 Å². The van der Waals surface area contributed by atoms with Gasteiger partial charge in [-0.15, -0.1) is 0 Å². The number of anilines is 1. The van der Waals surface area contributed by atoms with Gasteiger partial charge in [0.25, 0.3) is 0 Å². The molecule has 0 N–H and O–H groups in total. The molecule has 0 unspecified atom stereocenters. The Labute approximate surface area is 139 Å². The van der Waals surface area contributed by atoms with Crippen LogP contribution in [0.5, 0.6) is 0 Å². The van der Waals surface area contributed by atoms with Crippen LogP contribution in [0.15, 0.2) is 78.9 Å². The lowest BCUT2D eigenvalue weighted by molar-refractivity contribution is 1.04. The Balaban J connectivity index is 1.99. The molecule has 23 heavy (non-hydrogen) atoms. The molecule has 0 aliphatic rings. The Kier molecular flexibility index (Phi) is 4.77. The van der Waals surface area contributed by atoms with Crippen molar-refractivity contribution in [2.24, 2.45) is 0 Å². The zero-order valence-electron chi connectivity index (χ0n) is 13.9. The third-order valence-corrected chi connectivity index (χ3v) is 4.19. The lowest BCUT2D eigenvalue weighted by Gasteiger charge is -2.21. The van der Waals surface area contributed by atoms with Gasteiger partial charge in [0.1, 0.15) is 0 Å². The molecule has 0 saturated carbocycles. The molecule has 1 heteroatoms. The maximum Gasteiger partial charge on any atom is 0.0399 e. The molecule has 0 radical (unpaired) electrons. The lowest BCUT2D eigenvalue weighted by Crippen LogP contribution is -2.13. The highest BCUT2D eigenvalue weighted by Crippen LogP contribution is 2.27. The van der Waals surface area contributed by atoms with E-state index in [2.05, 4.69) is 97.9 Å². The third-order valence-electron chi connectivity index (χ3n) is 4.19. The molecule has 0 spiro atoms. The van der Waals surface area contributed by atoms with E-state index in [1.54, 1.807) is 0 Å². The Morgan fingerprint density at radius 2 is 1.17 bits per heavy atom. The van der Waals surface area contributed by atoms with Crippen molar-refractivity contribution < 1.29 is 0 Å². The summed E-state index contributed by atoms with van der Waals surface area (Å²) in [6.07, 6.45) is 1.95. The predicted octanol–water partition coefficient (Wildman–Crippen LogP) is 4.93. The van der Waals surface area contributed by atoms with E-state index in [0.29, 0.717) is 0 Å². The first-order chi connectivity index (χ1) is 11.2. The molecule has 116 valence electrons. The van der Waals surface area contributed by atoms with Gasteiger partial charge in [-0.25, -0.2) is 0 Å². The number of rotatable bonds is 5. The van der Waals surface area contributed by atoms with Crippen LogP contribution in [0.1, 0.15) is 22.3 Å². The molecule has 0 aromatic heterocycles. The van der Waals surface area contributed by atoms with E-state index in [1.807, 2.05) is 0 Å². The minimum Gasteiger partial charge on any atom is -0.377 e. The van der Waals surface area contributed by atoms with Crippen LogP contribution in [-0.4, -0.2) is 14.1 Å². The zero-order chi connectivity index (χ0) is 16.1. The maximum atomic E-state index is 2.26. The van der Waals surface area contributed by atoms with Crippen molar-refractivity contribution in [3.63, 3.8) is 0 Å². The van der Waals surface area contributed by atoms with Gasteiger partial charge < -0.3 is 4.90 Å². The first kappa shape index (κ1) is 15.4. The van der Waals surface area contributed by atoms with Crippen LogP contribution in [0.3, 0.4) is 0 Å². The summed E-state index contributed by atoms with van der Waals surface area (Å²) in [5, 5.41) is 0. The van der Waals surface area contributed by atoms with Crippen LogP contribution in [0.25, 0.3) is 0 Å². The monoisotopic (exact) mass is 301 g/mol. The quantitative estimate of drug-likeness (QED) is 0.645. The molecule has 3 aromatic rings. The first-order valence-corrected chi connectivity index (χ1v) is 8.10. The summed E-state index contributed by atoms with van der Waals surface area (Å²) in [6, 6.07) is 28.1. The Hall–Kier alpha value is -2.54. The van der Waals surface area contributed by atoms with Crippen molar-refractivity contribution in [3.8, 4) is 0 Å². The van der Waals surface area contributed by atoms with Gasteiger partial charge in [0.15, 0.2) is 0 Å². The van der Waals surface area contributed by atoms with Crippen LogP contribution in [0.2, 0.25) is 0 Å². The third kappa shape index (κ3) is 3.81. The van der Waals surface area contributed by atoms with Gasteiger partial charge in [-0.2, -0.15) is 0 Å². The van der Waals surface area contributed by atoms with Crippen LogP contribution < -0.4 is 4.90 Å². The summed E-state index contributed by atoms with van der Waals surface area (Å²) in [5.41, 5.74) is 6.86. The van der Waals surface area contributed by atoms with Crippen molar-refractivity contribution >= 4 is 5.69 Å². The van der Waals surface area contributed by atoms with E-state index in [4.69, 9.17) is 0 Å². The standard InChI is InChI=1S/C22H23N/c1-23(2)22-15-9-14-20(16-18-10-5-3-6-11-18)21(22)17-19-12-7-4-8-13-19/h3-15H,16-17H2,1-2H3. The molecule has 0 saturated heterocycles. The Morgan fingerprint density at radius 3 is 1.74 bits per heavy atom. The highest BCUT2D eigenvalue weighted by molar-refractivity contribution is 5.58. The fourth-order valence-electron chi connectivity index (χ4n) is 3.03. The average Bonchev–Trinajstić information content (AvgIpc) is 2.58. The smallest absolute Gasteiger partial charge is 0.0399 e. The molecular formula is C22H23N. The van der Waals surface area contributed by atoms with Crippen molar-refractivity contribution in [1.29, 1.82) is 0 Å². The molecular weight excluding hydrogens is 278 g/mol. The van der Waals surface area contributed by atoms with E-state index >= 15 is 0 Å². The normalized spacial score (nSPS) is 10.5. The summed E-state index contributed by atoms with van der Waals surface area (Å²) in [6.45, 7) is 0. The van der Waals surface area contributed by atoms with Crippen molar-refractivity contribution in [1.82, 2.24) is 0 Å². The van der Waals surface area contributed by atoms with Gasteiger partial charge in [0, 0.05) is 19.8 Å². The average molecular weight is 301 g/mol. The van der Waals surface area contributed by atoms with Gasteiger partial charge in [0.05, 0.1) is 0 Å². The number of nitrogens with zero attached hydrogens (tertiary/aromatic N) is 1. The molecule has 0 aliphatic heterocycles. The molecule has 0 aliphatic carbocycles. The predicted molar refractivity (Wildman–Crippen MR) is 99.3 cm³/mol. The fraction of sp³-hybridized carbons (Fsp3) is 0.182. The number of hydrogen-bond acceptors (Lipinski definition) is 1. The van der Waals surface area contributed by atoms with E-state index < -0.39 is 0 Å². The SMILES string of the molecule is CN(C)c1cccc(Cc2ccccc2)c1Cc1ccccc1. The van der Waals surface area contributed by atoms with Gasteiger partial charge in [-0.05, 0) is 41.2 Å². The Bertz CT molecular complexity index is 745. The summed E-state index contributed by atoms with van der Waals surface area (Å²) >= 11 is 0. The minimum absolute atomic E-state index is 0.970. The summed E-state index contributed by atoms with van der Waals surface area (Å²) in [4.78, 5) is 2.22. The van der Waals surface area contributed by atoms with Gasteiger partial charge >= 0.3 is 0 Å². The van der Waals surface area contributed by atoms with Gasteiger partial charge in [-0.3, -0.25) is 0 Å². The largest absolute Gasteiger partial charge is 0.377 e. The first-order valence-electron chi connectivity index (χ1n) is 8.10. The topological polar surface area (TPSA) is 3.24 Å².